The summed E-state index contributed by atoms with van der Waals surface area (Å²) in [6.45, 7) is 5.76. The van der Waals surface area contributed by atoms with E-state index >= 15 is 0 Å². The first-order chi connectivity index (χ1) is 9.80. The number of pyridine rings is 1. The quantitative estimate of drug-likeness (QED) is 0.801. The monoisotopic (exact) mass is 271 g/mol. The SMILES string of the molecule is CCN1CCCC(Cc2cn3c(C=O)cccc3n2)C1. The minimum atomic E-state index is 0.667. The molecule has 1 aliphatic heterocycles. The Bertz CT molecular complexity index is 605. The largest absolute Gasteiger partial charge is 0.303 e. The van der Waals surface area contributed by atoms with Crippen LogP contribution in [0, 0.1) is 5.92 Å². The number of hydrogen-bond acceptors (Lipinski definition) is 3. The maximum absolute atomic E-state index is 11.0. The Hall–Kier alpha value is -1.68. The van der Waals surface area contributed by atoms with Crippen molar-refractivity contribution in [2.75, 3.05) is 19.6 Å². The lowest BCUT2D eigenvalue weighted by Gasteiger charge is -2.31. The standard InChI is InChI=1S/C16H21N3O/c1-2-18-8-4-5-13(10-18)9-14-11-19-15(12-20)6-3-7-16(19)17-14/h3,6-7,11-13H,2,4-5,8-10H2,1H3. The lowest BCUT2D eigenvalue weighted by atomic mass is 9.94. The van der Waals surface area contributed by atoms with Gasteiger partial charge in [-0.05, 0) is 50.4 Å². The predicted molar refractivity (Wildman–Crippen MR) is 79.1 cm³/mol. The van der Waals surface area contributed by atoms with Crippen LogP contribution >= 0.6 is 0 Å². The number of fused-ring (bicyclic) bond motifs is 1. The third-order valence-corrected chi connectivity index (χ3v) is 4.24. The van der Waals surface area contributed by atoms with Crippen LogP contribution in [0.25, 0.3) is 5.65 Å². The molecule has 0 N–H and O–H groups in total. The van der Waals surface area contributed by atoms with E-state index in [1.54, 1.807) is 0 Å². The Morgan fingerprint density at radius 1 is 1.45 bits per heavy atom. The molecule has 0 aliphatic carbocycles. The molecule has 1 fully saturated rings. The summed E-state index contributed by atoms with van der Waals surface area (Å²) < 4.78 is 1.89. The van der Waals surface area contributed by atoms with Gasteiger partial charge >= 0.3 is 0 Å². The minimum Gasteiger partial charge on any atom is -0.303 e. The second-order valence-corrected chi connectivity index (χ2v) is 5.63. The lowest BCUT2D eigenvalue weighted by molar-refractivity contribution is 0.111. The number of carbonyl (C=O) groups is 1. The second kappa shape index (κ2) is 5.75. The van der Waals surface area contributed by atoms with E-state index in [2.05, 4.69) is 16.8 Å². The Morgan fingerprint density at radius 3 is 3.15 bits per heavy atom. The highest BCUT2D eigenvalue weighted by molar-refractivity contribution is 5.73. The van der Waals surface area contributed by atoms with Crippen molar-refractivity contribution in [3.63, 3.8) is 0 Å². The maximum atomic E-state index is 11.0. The van der Waals surface area contributed by atoms with Crippen LogP contribution in [-0.4, -0.2) is 40.2 Å². The molecule has 0 saturated carbocycles. The summed E-state index contributed by atoms with van der Waals surface area (Å²) in [6, 6.07) is 5.66. The number of hydrogen-bond donors (Lipinski definition) is 0. The summed E-state index contributed by atoms with van der Waals surface area (Å²) >= 11 is 0. The number of piperidine rings is 1. The molecule has 106 valence electrons. The van der Waals surface area contributed by atoms with E-state index in [1.807, 2.05) is 28.8 Å². The van der Waals surface area contributed by atoms with Gasteiger partial charge in [0, 0.05) is 12.7 Å². The minimum absolute atomic E-state index is 0.667. The normalized spacial score (nSPS) is 20.4. The van der Waals surface area contributed by atoms with Gasteiger partial charge in [0.25, 0.3) is 0 Å². The zero-order valence-electron chi connectivity index (χ0n) is 12.0. The van der Waals surface area contributed by atoms with Crippen LogP contribution in [0.3, 0.4) is 0 Å². The van der Waals surface area contributed by atoms with Crippen molar-refractivity contribution in [1.82, 2.24) is 14.3 Å². The van der Waals surface area contributed by atoms with Gasteiger partial charge in [-0.15, -0.1) is 0 Å². The first-order valence-corrected chi connectivity index (χ1v) is 7.44. The molecule has 4 heteroatoms. The summed E-state index contributed by atoms with van der Waals surface area (Å²) in [5, 5.41) is 0. The Kier molecular flexibility index (Phi) is 3.83. The molecule has 0 aromatic carbocycles. The van der Waals surface area contributed by atoms with Crippen LogP contribution in [-0.2, 0) is 6.42 Å². The molecule has 0 amide bonds. The zero-order valence-corrected chi connectivity index (χ0v) is 12.0. The van der Waals surface area contributed by atoms with Gasteiger partial charge in [0.05, 0.1) is 11.4 Å². The molecule has 1 aliphatic rings. The number of rotatable bonds is 4. The van der Waals surface area contributed by atoms with Crippen LogP contribution in [0.2, 0.25) is 0 Å². The van der Waals surface area contributed by atoms with E-state index in [-0.39, 0.29) is 0 Å². The number of likely N-dealkylation sites (tertiary alicyclic amines) is 1. The van der Waals surface area contributed by atoms with Crippen LogP contribution < -0.4 is 0 Å². The van der Waals surface area contributed by atoms with Crippen molar-refractivity contribution in [3.8, 4) is 0 Å². The highest BCUT2D eigenvalue weighted by Crippen LogP contribution is 2.21. The molecule has 1 saturated heterocycles. The van der Waals surface area contributed by atoms with Crippen molar-refractivity contribution in [2.45, 2.75) is 26.2 Å². The molecule has 3 heterocycles. The molecule has 0 bridgehead atoms. The number of aromatic nitrogens is 2. The number of carbonyl (C=O) groups excluding carboxylic acids is 1. The van der Waals surface area contributed by atoms with E-state index < -0.39 is 0 Å². The molecular formula is C16H21N3O. The Balaban J connectivity index is 1.79. The predicted octanol–water partition coefficient (Wildman–Crippen LogP) is 2.42. The molecule has 0 spiro atoms. The molecule has 1 unspecified atom stereocenters. The topological polar surface area (TPSA) is 37.6 Å². The summed E-state index contributed by atoms with van der Waals surface area (Å²) in [6.07, 6.45) is 6.48. The van der Waals surface area contributed by atoms with Crippen LogP contribution in [0.15, 0.2) is 24.4 Å². The lowest BCUT2D eigenvalue weighted by Crippen LogP contribution is -2.35. The molecule has 3 rings (SSSR count). The Morgan fingerprint density at radius 2 is 2.35 bits per heavy atom. The molecule has 20 heavy (non-hydrogen) atoms. The van der Waals surface area contributed by atoms with E-state index in [0.717, 1.165) is 30.6 Å². The van der Waals surface area contributed by atoms with Crippen molar-refractivity contribution in [2.24, 2.45) is 5.92 Å². The molecular weight excluding hydrogens is 250 g/mol. The molecule has 4 nitrogen and oxygen atoms in total. The average molecular weight is 271 g/mol. The third-order valence-electron chi connectivity index (χ3n) is 4.24. The van der Waals surface area contributed by atoms with Gasteiger partial charge in [-0.3, -0.25) is 9.20 Å². The maximum Gasteiger partial charge on any atom is 0.166 e. The summed E-state index contributed by atoms with van der Waals surface area (Å²) in [4.78, 5) is 18.2. The molecule has 2 aromatic rings. The van der Waals surface area contributed by atoms with Gasteiger partial charge in [-0.2, -0.15) is 0 Å². The van der Waals surface area contributed by atoms with Crippen molar-refractivity contribution >= 4 is 11.9 Å². The van der Waals surface area contributed by atoms with E-state index in [4.69, 9.17) is 0 Å². The first kappa shape index (κ1) is 13.3. The fourth-order valence-corrected chi connectivity index (χ4v) is 3.18. The smallest absolute Gasteiger partial charge is 0.166 e. The summed E-state index contributed by atoms with van der Waals surface area (Å²) in [5.41, 5.74) is 2.63. The van der Waals surface area contributed by atoms with Gasteiger partial charge in [0.2, 0.25) is 0 Å². The molecule has 2 aromatic heterocycles. The average Bonchev–Trinajstić information content (AvgIpc) is 2.89. The number of nitrogens with zero attached hydrogens (tertiary/aromatic N) is 3. The fourth-order valence-electron chi connectivity index (χ4n) is 3.18. The van der Waals surface area contributed by atoms with Gasteiger partial charge in [0.1, 0.15) is 5.65 Å². The third kappa shape index (κ3) is 2.61. The van der Waals surface area contributed by atoms with E-state index in [9.17, 15) is 4.79 Å². The van der Waals surface area contributed by atoms with Gasteiger partial charge < -0.3 is 4.90 Å². The number of aldehydes is 1. The van der Waals surface area contributed by atoms with Gasteiger partial charge in [-0.1, -0.05) is 13.0 Å². The Labute approximate surface area is 119 Å². The highest BCUT2D eigenvalue weighted by Gasteiger charge is 2.20. The highest BCUT2D eigenvalue weighted by atomic mass is 16.1. The summed E-state index contributed by atoms with van der Waals surface area (Å²) in [5.74, 6) is 0.688. The van der Waals surface area contributed by atoms with E-state index in [1.165, 1.54) is 25.9 Å². The van der Waals surface area contributed by atoms with Crippen molar-refractivity contribution < 1.29 is 4.79 Å². The van der Waals surface area contributed by atoms with Crippen molar-refractivity contribution in [1.29, 1.82) is 0 Å². The van der Waals surface area contributed by atoms with E-state index in [0.29, 0.717) is 11.6 Å². The number of imidazole rings is 1. The zero-order chi connectivity index (χ0) is 13.9. The summed E-state index contributed by atoms with van der Waals surface area (Å²) in [7, 11) is 0. The first-order valence-electron chi connectivity index (χ1n) is 7.44. The van der Waals surface area contributed by atoms with Crippen LogP contribution in [0.4, 0.5) is 0 Å². The van der Waals surface area contributed by atoms with Crippen LogP contribution in [0.1, 0.15) is 35.9 Å². The second-order valence-electron chi connectivity index (χ2n) is 5.63. The van der Waals surface area contributed by atoms with Gasteiger partial charge in [0.15, 0.2) is 6.29 Å². The van der Waals surface area contributed by atoms with Gasteiger partial charge in [-0.25, -0.2) is 4.98 Å². The van der Waals surface area contributed by atoms with Crippen LogP contribution in [0.5, 0.6) is 0 Å². The fraction of sp³-hybridized carbons (Fsp3) is 0.500. The van der Waals surface area contributed by atoms with Crippen molar-refractivity contribution in [3.05, 3.63) is 35.8 Å². The molecule has 0 radical (unpaired) electrons. The molecule has 1 atom stereocenters.